The van der Waals surface area contributed by atoms with Crippen LogP contribution in [-0.4, -0.2) is 23.6 Å². The summed E-state index contributed by atoms with van der Waals surface area (Å²) >= 11 is 1.93. The van der Waals surface area contributed by atoms with E-state index in [0.29, 0.717) is 0 Å². The Kier molecular flexibility index (Phi) is 3.67. The second-order valence-electron chi connectivity index (χ2n) is 2.89. The lowest BCUT2D eigenvalue weighted by Crippen LogP contribution is -2.18. The van der Waals surface area contributed by atoms with Gasteiger partial charge in [0, 0.05) is 5.25 Å². The van der Waals surface area contributed by atoms with E-state index in [0.717, 1.165) is 18.1 Å². The van der Waals surface area contributed by atoms with Crippen molar-refractivity contribution in [2.24, 2.45) is 4.99 Å². The second kappa shape index (κ2) is 4.58. The van der Waals surface area contributed by atoms with Crippen LogP contribution in [0.2, 0.25) is 0 Å². The van der Waals surface area contributed by atoms with Crippen LogP contribution in [-0.2, 0) is 4.79 Å². The largest absolute Gasteiger partial charge is 0.235 e. The molecule has 0 unspecified atom stereocenters. The summed E-state index contributed by atoms with van der Waals surface area (Å²) in [7, 11) is 0. The highest BCUT2D eigenvalue weighted by atomic mass is 32.2. The van der Waals surface area contributed by atoms with Crippen molar-refractivity contribution in [3.05, 3.63) is 0 Å². The predicted molar refractivity (Wildman–Crippen MR) is 47.7 cm³/mol. The number of rotatable bonds is 2. The van der Waals surface area contributed by atoms with Gasteiger partial charge in [0.2, 0.25) is 6.08 Å². The van der Waals surface area contributed by atoms with Gasteiger partial charge in [-0.1, -0.05) is 0 Å². The van der Waals surface area contributed by atoms with Crippen LogP contribution in [0, 0.1) is 0 Å². The first-order chi connectivity index (χ1) is 5.36. The summed E-state index contributed by atoms with van der Waals surface area (Å²) in [5.74, 6) is 0. The van der Waals surface area contributed by atoms with Crippen molar-refractivity contribution in [2.75, 3.05) is 6.26 Å². The van der Waals surface area contributed by atoms with Gasteiger partial charge < -0.3 is 0 Å². The Balaban J connectivity index is 2.29. The molecule has 0 radical (unpaired) electrons. The minimum absolute atomic E-state index is 0.274. The first-order valence-electron chi connectivity index (χ1n) is 3.96. The highest BCUT2D eigenvalue weighted by molar-refractivity contribution is 7.99. The summed E-state index contributed by atoms with van der Waals surface area (Å²) in [6.45, 7) is 0. The highest BCUT2D eigenvalue weighted by Crippen LogP contribution is 2.27. The summed E-state index contributed by atoms with van der Waals surface area (Å²) in [6, 6.07) is 0.274. The molecule has 0 N–H and O–H groups in total. The maximum Gasteiger partial charge on any atom is 0.235 e. The van der Waals surface area contributed by atoms with E-state index in [4.69, 9.17) is 0 Å². The zero-order valence-corrected chi connectivity index (χ0v) is 7.56. The van der Waals surface area contributed by atoms with Crippen molar-refractivity contribution in [2.45, 2.75) is 37.0 Å². The fraction of sp³-hybridized carbons (Fsp3) is 0.875. The zero-order chi connectivity index (χ0) is 8.10. The van der Waals surface area contributed by atoms with Crippen molar-refractivity contribution in [1.29, 1.82) is 0 Å². The molecule has 1 rings (SSSR count). The SMILES string of the molecule is CSC1CCC(N=C=O)CC1. The van der Waals surface area contributed by atoms with Gasteiger partial charge >= 0.3 is 0 Å². The van der Waals surface area contributed by atoms with E-state index >= 15 is 0 Å². The number of hydrogen-bond donors (Lipinski definition) is 0. The van der Waals surface area contributed by atoms with Crippen molar-refractivity contribution < 1.29 is 4.79 Å². The number of hydrogen-bond acceptors (Lipinski definition) is 3. The summed E-state index contributed by atoms with van der Waals surface area (Å²) in [5.41, 5.74) is 0. The third-order valence-electron chi connectivity index (χ3n) is 2.21. The van der Waals surface area contributed by atoms with Gasteiger partial charge in [0.1, 0.15) is 0 Å². The standard InChI is InChI=1S/C8H13NOS/c1-11-8-4-2-7(3-5-8)9-6-10/h7-8H,2-5H2,1H3. The van der Waals surface area contributed by atoms with Gasteiger partial charge in [-0.3, -0.25) is 0 Å². The average Bonchev–Trinajstić information content (AvgIpc) is 2.07. The van der Waals surface area contributed by atoms with Crippen LogP contribution in [0.25, 0.3) is 0 Å². The van der Waals surface area contributed by atoms with Gasteiger partial charge in [-0.25, -0.2) is 9.79 Å². The van der Waals surface area contributed by atoms with E-state index in [9.17, 15) is 4.79 Å². The molecule has 0 spiro atoms. The maximum atomic E-state index is 9.93. The molecular formula is C8H13NOS. The van der Waals surface area contributed by atoms with Crippen LogP contribution < -0.4 is 0 Å². The van der Waals surface area contributed by atoms with Crippen LogP contribution in [0.1, 0.15) is 25.7 Å². The predicted octanol–water partition coefficient (Wildman–Crippen LogP) is 2.00. The van der Waals surface area contributed by atoms with Crippen LogP contribution in [0.5, 0.6) is 0 Å². The van der Waals surface area contributed by atoms with E-state index in [1.165, 1.54) is 12.8 Å². The Labute approximate surface area is 71.5 Å². The third kappa shape index (κ3) is 2.68. The molecule has 0 aromatic heterocycles. The lowest BCUT2D eigenvalue weighted by molar-refractivity contribution is 0.448. The Hall–Kier alpha value is -0.270. The molecule has 1 aliphatic rings. The Bertz CT molecular complexity index is 157. The highest BCUT2D eigenvalue weighted by Gasteiger charge is 2.19. The van der Waals surface area contributed by atoms with Crippen molar-refractivity contribution in [3.8, 4) is 0 Å². The molecule has 0 aliphatic heterocycles. The second-order valence-corrected chi connectivity index (χ2v) is 4.02. The number of isocyanates is 1. The molecule has 0 aromatic carbocycles. The molecule has 0 amide bonds. The van der Waals surface area contributed by atoms with Gasteiger partial charge in [-0.05, 0) is 31.9 Å². The normalized spacial score (nSPS) is 31.0. The quantitative estimate of drug-likeness (QED) is 0.470. The summed E-state index contributed by atoms with van der Waals surface area (Å²) in [6.07, 6.45) is 8.34. The molecule has 1 saturated carbocycles. The zero-order valence-electron chi connectivity index (χ0n) is 6.75. The van der Waals surface area contributed by atoms with Crippen LogP contribution in [0.3, 0.4) is 0 Å². The Morgan fingerprint density at radius 3 is 2.45 bits per heavy atom. The Morgan fingerprint density at radius 1 is 1.36 bits per heavy atom. The van der Waals surface area contributed by atoms with Crippen molar-refractivity contribution >= 4 is 17.8 Å². The van der Waals surface area contributed by atoms with E-state index in [1.807, 2.05) is 11.8 Å². The fourth-order valence-corrected chi connectivity index (χ4v) is 2.23. The lowest BCUT2D eigenvalue weighted by Gasteiger charge is -2.23. The fourth-order valence-electron chi connectivity index (χ4n) is 1.48. The summed E-state index contributed by atoms with van der Waals surface area (Å²) in [4.78, 5) is 13.7. The monoisotopic (exact) mass is 171 g/mol. The van der Waals surface area contributed by atoms with Gasteiger partial charge in [-0.2, -0.15) is 11.8 Å². The molecular weight excluding hydrogens is 158 g/mol. The van der Waals surface area contributed by atoms with Gasteiger partial charge in [-0.15, -0.1) is 0 Å². The molecule has 62 valence electrons. The lowest BCUT2D eigenvalue weighted by atomic mass is 9.96. The molecule has 0 bridgehead atoms. The number of thioether (sulfide) groups is 1. The number of nitrogens with zero attached hydrogens (tertiary/aromatic N) is 1. The molecule has 1 fully saturated rings. The van der Waals surface area contributed by atoms with Crippen molar-refractivity contribution in [3.63, 3.8) is 0 Å². The third-order valence-corrected chi connectivity index (χ3v) is 3.35. The van der Waals surface area contributed by atoms with E-state index in [1.54, 1.807) is 6.08 Å². The molecule has 3 heteroatoms. The van der Waals surface area contributed by atoms with Gasteiger partial charge in [0.15, 0.2) is 0 Å². The Morgan fingerprint density at radius 2 is 2.00 bits per heavy atom. The number of aliphatic imine (C=N–C) groups is 1. The van der Waals surface area contributed by atoms with Crippen LogP contribution >= 0.6 is 11.8 Å². The van der Waals surface area contributed by atoms with Gasteiger partial charge in [0.05, 0.1) is 6.04 Å². The van der Waals surface area contributed by atoms with Crippen LogP contribution in [0.4, 0.5) is 0 Å². The average molecular weight is 171 g/mol. The topological polar surface area (TPSA) is 29.4 Å². The van der Waals surface area contributed by atoms with E-state index in [2.05, 4.69) is 11.2 Å². The molecule has 0 heterocycles. The van der Waals surface area contributed by atoms with Gasteiger partial charge in [0.25, 0.3) is 0 Å². The maximum absolute atomic E-state index is 9.93. The first-order valence-corrected chi connectivity index (χ1v) is 5.25. The smallest absolute Gasteiger partial charge is 0.211 e. The molecule has 0 aromatic rings. The molecule has 11 heavy (non-hydrogen) atoms. The molecule has 1 aliphatic carbocycles. The van der Waals surface area contributed by atoms with Crippen LogP contribution in [0.15, 0.2) is 4.99 Å². The minimum Gasteiger partial charge on any atom is -0.211 e. The number of carbonyl (C=O) groups excluding carboxylic acids is 1. The summed E-state index contributed by atoms with van der Waals surface area (Å²) < 4.78 is 0. The minimum atomic E-state index is 0.274. The molecule has 0 saturated heterocycles. The first kappa shape index (κ1) is 8.82. The molecule has 0 atom stereocenters. The van der Waals surface area contributed by atoms with Crippen molar-refractivity contribution in [1.82, 2.24) is 0 Å². The molecule has 2 nitrogen and oxygen atoms in total. The van der Waals surface area contributed by atoms with E-state index in [-0.39, 0.29) is 6.04 Å². The van der Waals surface area contributed by atoms with E-state index < -0.39 is 0 Å². The summed E-state index contributed by atoms with van der Waals surface area (Å²) in [5, 5.41) is 0.799.